The van der Waals surface area contributed by atoms with Crippen LogP contribution in [0.4, 0.5) is 0 Å². The summed E-state index contributed by atoms with van der Waals surface area (Å²) in [6.07, 6.45) is 4.28. The number of likely N-dealkylation sites (tertiary alicyclic amines) is 1. The van der Waals surface area contributed by atoms with Crippen molar-refractivity contribution < 1.29 is 13.2 Å². The van der Waals surface area contributed by atoms with Crippen LogP contribution in [-0.4, -0.2) is 63.1 Å². The maximum atomic E-state index is 12.9. The summed E-state index contributed by atoms with van der Waals surface area (Å²) >= 11 is 6.11. The number of halogens is 1. The van der Waals surface area contributed by atoms with E-state index in [9.17, 15) is 8.42 Å². The Kier molecular flexibility index (Phi) is 6.06. The highest BCUT2D eigenvalue weighted by molar-refractivity contribution is 7.89. The fraction of sp³-hybridized carbons (Fsp3) is 0.667. The first-order chi connectivity index (χ1) is 11.9. The van der Waals surface area contributed by atoms with Crippen LogP contribution in [0.2, 0.25) is 5.02 Å². The number of rotatable bonds is 4. The summed E-state index contributed by atoms with van der Waals surface area (Å²) in [6.45, 7) is 5.11. The zero-order valence-corrected chi connectivity index (χ0v) is 16.5. The molecule has 0 aromatic heterocycles. The number of piperidine rings is 2. The lowest BCUT2D eigenvalue weighted by molar-refractivity contribution is 0.0190. The SMILES string of the molecule is COC1CCN(C2CCN(S(=O)(=O)c3ccc(C)c(Cl)c3)CC2)CC1. The summed E-state index contributed by atoms with van der Waals surface area (Å²) in [5.74, 6) is 0. The molecule has 2 saturated heterocycles. The average molecular weight is 387 g/mol. The van der Waals surface area contributed by atoms with Gasteiger partial charge in [-0.05, 0) is 50.3 Å². The predicted molar refractivity (Wildman–Crippen MR) is 99.6 cm³/mol. The first-order valence-corrected chi connectivity index (χ1v) is 10.8. The van der Waals surface area contributed by atoms with Crippen LogP contribution < -0.4 is 0 Å². The van der Waals surface area contributed by atoms with E-state index in [1.165, 1.54) is 0 Å². The molecule has 5 nitrogen and oxygen atoms in total. The fourth-order valence-corrected chi connectivity index (χ4v) is 5.55. The van der Waals surface area contributed by atoms with Crippen molar-refractivity contribution >= 4 is 21.6 Å². The van der Waals surface area contributed by atoms with Crippen molar-refractivity contribution in [2.24, 2.45) is 0 Å². The topological polar surface area (TPSA) is 49.9 Å². The van der Waals surface area contributed by atoms with Crippen LogP contribution in [0.25, 0.3) is 0 Å². The standard InChI is InChI=1S/C18H27ClN2O3S/c1-14-3-4-17(13-18(14)19)25(22,23)21-11-5-15(6-12-21)20-9-7-16(24-2)8-10-20/h3-4,13,15-16H,5-12H2,1-2H3. The van der Waals surface area contributed by atoms with Crippen LogP contribution in [0.15, 0.2) is 23.1 Å². The smallest absolute Gasteiger partial charge is 0.243 e. The van der Waals surface area contributed by atoms with Gasteiger partial charge in [0, 0.05) is 44.4 Å². The first-order valence-electron chi connectivity index (χ1n) is 8.95. The molecule has 0 saturated carbocycles. The molecule has 0 bridgehead atoms. The van der Waals surface area contributed by atoms with Crippen molar-refractivity contribution in [3.63, 3.8) is 0 Å². The van der Waals surface area contributed by atoms with E-state index in [4.69, 9.17) is 16.3 Å². The van der Waals surface area contributed by atoms with E-state index < -0.39 is 10.0 Å². The molecule has 0 atom stereocenters. The van der Waals surface area contributed by atoms with E-state index in [0.29, 0.717) is 35.2 Å². The highest BCUT2D eigenvalue weighted by atomic mass is 35.5. The Labute approximate surface area is 155 Å². The van der Waals surface area contributed by atoms with Crippen LogP contribution in [0.5, 0.6) is 0 Å². The number of methoxy groups -OCH3 is 1. The van der Waals surface area contributed by atoms with Gasteiger partial charge in [-0.2, -0.15) is 4.31 Å². The molecule has 0 unspecified atom stereocenters. The Balaban J connectivity index is 1.60. The van der Waals surface area contributed by atoms with Gasteiger partial charge < -0.3 is 9.64 Å². The molecule has 0 amide bonds. The molecule has 0 radical (unpaired) electrons. The molecule has 140 valence electrons. The maximum Gasteiger partial charge on any atom is 0.243 e. The summed E-state index contributed by atoms with van der Waals surface area (Å²) in [5, 5.41) is 0.497. The van der Waals surface area contributed by atoms with Crippen molar-refractivity contribution in [3.8, 4) is 0 Å². The monoisotopic (exact) mass is 386 g/mol. The number of ether oxygens (including phenoxy) is 1. The van der Waals surface area contributed by atoms with Gasteiger partial charge >= 0.3 is 0 Å². The Morgan fingerprint density at radius 1 is 1.08 bits per heavy atom. The highest BCUT2D eigenvalue weighted by Crippen LogP contribution is 2.27. The second kappa shape index (κ2) is 7.92. The minimum atomic E-state index is -3.46. The van der Waals surface area contributed by atoms with Crippen LogP contribution >= 0.6 is 11.6 Å². The van der Waals surface area contributed by atoms with Crippen LogP contribution in [0, 0.1) is 6.92 Å². The van der Waals surface area contributed by atoms with Crippen molar-refractivity contribution in [1.29, 1.82) is 0 Å². The molecule has 0 N–H and O–H groups in total. The van der Waals surface area contributed by atoms with Gasteiger partial charge in [-0.15, -0.1) is 0 Å². The summed E-state index contributed by atoms with van der Waals surface area (Å²) in [5.41, 5.74) is 0.888. The molecule has 0 aliphatic carbocycles. The third kappa shape index (κ3) is 4.19. The quantitative estimate of drug-likeness (QED) is 0.798. The van der Waals surface area contributed by atoms with Crippen LogP contribution in [-0.2, 0) is 14.8 Å². The van der Waals surface area contributed by atoms with E-state index in [2.05, 4.69) is 4.90 Å². The Morgan fingerprint density at radius 3 is 2.28 bits per heavy atom. The Hall–Kier alpha value is -0.660. The van der Waals surface area contributed by atoms with Gasteiger partial charge in [0.25, 0.3) is 0 Å². The largest absolute Gasteiger partial charge is 0.381 e. The Morgan fingerprint density at radius 2 is 1.72 bits per heavy atom. The lowest BCUT2D eigenvalue weighted by Gasteiger charge is -2.41. The molecule has 3 rings (SSSR count). The average Bonchev–Trinajstić information content (AvgIpc) is 2.64. The van der Waals surface area contributed by atoms with E-state index in [0.717, 1.165) is 44.3 Å². The first kappa shape index (κ1) is 19.1. The summed E-state index contributed by atoms with van der Waals surface area (Å²) in [4.78, 5) is 2.80. The molecule has 0 spiro atoms. The lowest BCUT2D eigenvalue weighted by atomic mass is 10.00. The normalized spacial score (nSPS) is 22.4. The van der Waals surface area contributed by atoms with Gasteiger partial charge in [-0.1, -0.05) is 17.7 Å². The van der Waals surface area contributed by atoms with Crippen molar-refractivity contribution in [3.05, 3.63) is 28.8 Å². The molecule has 1 aromatic carbocycles. The van der Waals surface area contributed by atoms with Gasteiger partial charge in [-0.25, -0.2) is 8.42 Å². The second-order valence-corrected chi connectivity index (χ2v) is 9.36. The van der Waals surface area contributed by atoms with Gasteiger partial charge in [0.2, 0.25) is 10.0 Å². The third-order valence-corrected chi connectivity index (χ3v) is 7.83. The molecule has 1 aromatic rings. The summed E-state index contributed by atoms with van der Waals surface area (Å²) < 4.78 is 32.7. The van der Waals surface area contributed by atoms with E-state index >= 15 is 0 Å². The van der Waals surface area contributed by atoms with Crippen molar-refractivity contribution in [2.45, 2.75) is 49.6 Å². The van der Waals surface area contributed by atoms with Crippen LogP contribution in [0.3, 0.4) is 0 Å². The number of sulfonamides is 1. The van der Waals surface area contributed by atoms with Gasteiger partial charge in [0.15, 0.2) is 0 Å². The van der Waals surface area contributed by atoms with Gasteiger partial charge in [0.1, 0.15) is 0 Å². The van der Waals surface area contributed by atoms with E-state index in [-0.39, 0.29) is 0 Å². The van der Waals surface area contributed by atoms with Crippen molar-refractivity contribution in [1.82, 2.24) is 9.21 Å². The van der Waals surface area contributed by atoms with E-state index in [1.54, 1.807) is 29.6 Å². The molecule has 25 heavy (non-hydrogen) atoms. The number of aryl methyl sites for hydroxylation is 1. The zero-order valence-electron chi connectivity index (χ0n) is 14.9. The number of hydrogen-bond donors (Lipinski definition) is 0. The summed E-state index contributed by atoms with van der Waals surface area (Å²) in [7, 11) is -1.68. The van der Waals surface area contributed by atoms with E-state index in [1.807, 2.05) is 6.92 Å². The minimum Gasteiger partial charge on any atom is -0.381 e. The fourth-order valence-electron chi connectivity index (χ4n) is 3.81. The van der Waals surface area contributed by atoms with Crippen LogP contribution in [0.1, 0.15) is 31.2 Å². The molecular formula is C18H27ClN2O3S. The molecule has 2 fully saturated rings. The Bertz CT molecular complexity index is 694. The van der Waals surface area contributed by atoms with Gasteiger partial charge in [0.05, 0.1) is 11.0 Å². The molecule has 2 heterocycles. The third-order valence-electron chi connectivity index (χ3n) is 5.53. The summed E-state index contributed by atoms with van der Waals surface area (Å²) in [6, 6.07) is 5.46. The number of hydrogen-bond acceptors (Lipinski definition) is 4. The number of benzene rings is 1. The number of nitrogens with zero attached hydrogens (tertiary/aromatic N) is 2. The predicted octanol–water partition coefficient (Wildman–Crippen LogP) is 2.91. The maximum absolute atomic E-state index is 12.9. The zero-order chi connectivity index (χ0) is 18.0. The minimum absolute atomic E-state index is 0.294. The molecule has 7 heteroatoms. The molecular weight excluding hydrogens is 360 g/mol. The molecule has 2 aliphatic heterocycles. The molecule has 2 aliphatic rings. The van der Waals surface area contributed by atoms with Crippen molar-refractivity contribution in [2.75, 3.05) is 33.3 Å². The van der Waals surface area contributed by atoms with Gasteiger partial charge in [-0.3, -0.25) is 0 Å². The highest BCUT2D eigenvalue weighted by Gasteiger charge is 2.33. The second-order valence-electron chi connectivity index (χ2n) is 7.02. The lowest BCUT2D eigenvalue weighted by Crippen LogP contribution is -2.49.